The Morgan fingerprint density at radius 1 is 1.12 bits per heavy atom. The van der Waals surface area contributed by atoms with Crippen LogP contribution in [0.2, 0.25) is 0 Å². The Morgan fingerprint density at radius 3 is 2.50 bits per heavy atom. The van der Waals surface area contributed by atoms with Crippen LogP contribution in [0, 0.1) is 13.8 Å². The van der Waals surface area contributed by atoms with Crippen LogP contribution in [0.25, 0.3) is 11.0 Å². The van der Waals surface area contributed by atoms with Crippen LogP contribution in [0.3, 0.4) is 0 Å². The summed E-state index contributed by atoms with van der Waals surface area (Å²) in [4.78, 5) is 25.9. The predicted octanol–water partition coefficient (Wildman–Crippen LogP) is 3.76. The van der Waals surface area contributed by atoms with Gasteiger partial charge in [0.2, 0.25) is 0 Å². The van der Waals surface area contributed by atoms with E-state index in [0.29, 0.717) is 18.0 Å². The molecule has 2 aromatic heterocycles. The molecule has 0 saturated carbocycles. The van der Waals surface area contributed by atoms with Crippen molar-refractivity contribution in [3.8, 4) is 0 Å². The number of nitrogens with zero attached hydrogens (tertiary/aromatic N) is 3. The Labute approximate surface area is 145 Å². The van der Waals surface area contributed by atoms with Crippen molar-refractivity contribution in [2.75, 3.05) is 0 Å². The number of rotatable bonds is 4. The Hall–Kier alpha value is -2.34. The predicted molar refractivity (Wildman–Crippen MR) is 96.4 cm³/mol. The smallest absolute Gasteiger partial charge is 0.251 e. The quantitative estimate of drug-likeness (QED) is 0.785. The number of hydrogen-bond donors (Lipinski definition) is 1. The average molecular weight is 340 g/mol. The molecule has 1 aromatic carbocycles. The highest BCUT2D eigenvalue weighted by atomic mass is 32.1. The third kappa shape index (κ3) is 3.43. The van der Waals surface area contributed by atoms with E-state index in [0.717, 1.165) is 33.1 Å². The molecule has 1 N–H and O–H groups in total. The van der Waals surface area contributed by atoms with Gasteiger partial charge in [0.1, 0.15) is 5.01 Å². The number of aryl methyl sites for hydroxylation is 2. The summed E-state index contributed by atoms with van der Waals surface area (Å²) in [5.41, 5.74) is 4.98. The van der Waals surface area contributed by atoms with E-state index >= 15 is 0 Å². The highest BCUT2D eigenvalue weighted by molar-refractivity contribution is 7.09. The summed E-state index contributed by atoms with van der Waals surface area (Å²) < 4.78 is 0. The number of thiazole rings is 1. The maximum atomic E-state index is 12.4. The van der Waals surface area contributed by atoms with Gasteiger partial charge in [0, 0.05) is 10.9 Å². The summed E-state index contributed by atoms with van der Waals surface area (Å²) >= 11 is 1.57. The van der Waals surface area contributed by atoms with E-state index in [1.807, 2.05) is 25.3 Å². The molecular formula is C18H20N4OS. The van der Waals surface area contributed by atoms with E-state index in [1.165, 1.54) is 0 Å². The number of nitrogens with one attached hydrogen (secondary N) is 1. The van der Waals surface area contributed by atoms with Crippen molar-refractivity contribution in [3.63, 3.8) is 0 Å². The maximum absolute atomic E-state index is 12.4. The number of amides is 1. The minimum atomic E-state index is -0.127. The molecule has 2 heterocycles. The molecular weight excluding hydrogens is 320 g/mol. The van der Waals surface area contributed by atoms with Crippen LogP contribution in [0.5, 0.6) is 0 Å². The third-order valence-corrected chi connectivity index (χ3v) is 4.77. The SMILES string of the molecule is Cc1nc2ccc(C(=O)NCc3nc(C(C)C)cs3)cc2nc1C. The summed E-state index contributed by atoms with van der Waals surface area (Å²) in [6.07, 6.45) is 0. The minimum absolute atomic E-state index is 0.127. The van der Waals surface area contributed by atoms with E-state index in [1.54, 1.807) is 23.5 Å². The second kappa shape index (κ2) is 6.65. The molecule has 24 heavy (non-hydrogen) atoms. The van der Waals surface area contributed by atoms with Gasteiger partial charge in [-0.2, -0.15) is 0 Å². The Kier molecular flexibility index (Phi) is 4.57. The topological polar surface area (TPSA) is 67.8 Å². The molecule has 5 nitrogen and oxygen atoms in total. The van der Waals surface area contributed by atoms with Crippen molar-refractivity contribution in [3.05, 3.63) is 51.2 Å². The van der Waals surface area contributed by atoms with Crippen LogP contribution < -0.4 is 5.32 Å². The van der Waals surface area contributed by atoms with Crippen LogP contribution in [-0.4, -0.2) is 20.9 Å². The molecule has 124 valence electrons. The zero-order chi connectivity index (χ0) is 17.3. The molecule has 0 aliphatic carbocycles. The second-order valence-corrected chi connectivity index (χ2v) is 7.04. The second-order valence-electron chi connectivity index (χ2n) is 6.10. The molecule has 0 fully saturated rings. The third-order valence-electron chi connectivity index (χ3n) is 3.90. The molecule has 6 heteroatoms. The Morgan fingerprint density at radius 2 is 1.83 bits per heavy atom. The molecule has 0 atom stereocenters. The fourth-order valence-electron chi connectivity index (χ4n) is 2.30. The van der Waals surface area contributed by atoms with Gasteiger partial charge in [0.25, 0.3) is 5.91 Å². The molecule has 0 radical (unpaired) electrons. The van der Waals surface area contributed by atoms with Gasteiger partial charge in [-0.3, -0.25) is 4.79 Å². The number of aromatic nitrogens is 3. The highest BCUT2D eigenvalue weighted by Gasteiger charge is 2.10. The van der Waals surface area contributed by atoms with Gasteiger partial charge in [0.05, 0.1) is 34.7 Å². The van der Waals surface area contributed by atoms with Gasteiger partial charge in [-0.25, -0.2) is 15.0 Å². The number of hydrogen-bond acceptors (Lipinski definition) is 5. The van der Waals surface area contributed by atoms with Gasteiger partial charge < -0.3 is 5.32 Å². The molecule has 1 amide bonds. The number of carbonyl (C=O) groups is 1. The van der Waals surface area contributed by atoms with Crippen molar-refractivity contribution in [2.45, 2.75) is 40.2 Å². The van der Waals surface area contributed by atoms with Gasteiger partial charge in [-0.1, -0.05) is 13.8 Å². The van der Waals surface area contributed by atoms with Crippen molar-refractivity contribution < 1.29 is 4.79 Å². The summed E-state index contributed by atoms with van der Waals surface area (Å²) in [6.45, 7) is 8.51. The molecule has 0 aliphatic rings. The zero-order valence-electron chi connectivity index (χ0n) is 14.3. The van der Waals surface area contributed by atoms with Crippen LogP contribution in [-0.2, 0) is 6.54 Å². The summed E-state index contributed by atoms with van der Waals surface area (Å²) in [7, 11) is 0. The van der Waals surface area contributed by atoms with E-state index < -0.39 is 0 Å². The van der Waals surface area contributed by atoms with E-state index in [4.69, 9.17) is 0 Å². The van der Waals surface area contributed by atoms with Crippen molar-refractivity contribution >= 4 is 28.3 Å². The fraction of sp³-hybridized carbons (Fsp3) is 0.333. The van der Waals surface area contributed by atoms with E-state index in [2.05, 4.69) is 34.1 Å². The molecule has 3 aromatic rings. The first-order valence-electron chi connectivity index (χ1n) is 7.91. The molecule has 0 bridgehead atoms. The maximum Gasteiger partial charge on any atom is 0.251 e. The van der Waals surface area contributed by atoms with Crippen molar-refractivity contribution in [1.29, 1.82) is 0 Å². The molecule has 0 spiro atoms. The van der Waals surface area contributed by atoms with Crippen LogP contribution in [0.1, 0.15) is 52.2 Å². The zero-order valence-corrected chi connectivity index (χ0v) is 15.1. The molecule has 3 rings (SSSR count). The Bertz CT molecular complexity index is 901. The first-order chi connectivity index (χ1) is 11.4. The lowest BCUT2D eigenvalue weighted by Gasteiger charge is -2.06. The molecule has 0 saturated heterocycles. The summed E-state index contributed by atoms with van der Waals surface area (Å²) in [5, 5.41) is 5.88. The lowest BCUT2D eigenvalue weighted by molar-refractivity contribution is 0.0951. The van der Waals surface area contributed by atoms with Crippen molar-refractivity contribution in [1.82, 2.24) is 20.3 Å². The highest BCUT2D eigenvalue weighted by Crippen LogP contribution is 2.18. The lowest BCUT2D eigenvalue weighted by atomic mass is 10.1. The van der Waals surface area contributed by atoms with Gasteiger partial charge in [0.15, 0.2) is 0 Å². The van der Waals surface area contributed by atoms with Gasteiger partial charge >= 0.3 is 0 Å². The molecule has 0 unspecified atom stereocenters. The van der Waals surface area contributed by atoms with Crippen LogP contribution >= 0.6 is 11.3 Å². The number of carbonyl (C=O) groups excluding carboxylic acids is 1. The largest absolute Gasteiger partial charge is 0.346 e. The summed E-state index contributed by atoms with van der Waals surface area (Å²) in [6, 6.07) is 5.40. The van der Waals surface area contributed by atoms with Gasteiger partial charge in [-0.05, 0) is 38.0 Å². The standard InChI is InChI=1S/C18H20N4OS/c1-10(2)16-9-24-17(22-16)8-19-18(23)13-5-6-14-15(7-13)21-12(4)11(3)20-14/h5-7,9-10H,8H2,1-4H3,(H,19,23). The summed E-state index contributed by atoms with van der Waals surface area (Å²) in [5.74, 6) is 0.273. The lowest BCUT2D eigenvalue weighted by Crippen LogP contribution is -2.22. The number of benzene rings is 1. The first kappa shape index (κ1) is 16.5. The number of fused-ring (bicyclic) bond motifs is 1. The van der Waals surface area contributed by atoms with Crippen LogP contribution in [0.4, 0.5) is 0 Å². The monoisotopic (exact) mass is 340 g/mol. The Balaban J connectivity index is 1.74. The molecule has 0 aliphatic heterocycles. The normalized spacial score (nSPS) is 11.2. The van der Waals surface area contributed by atoms with Crippen molar-refractivity contribution in [2.24, 2.45) is 0 Å². The van der Waals surface area contributed by atoms with Gasteiger partial charge in [-0.15, -0.1) is 11.3 Å². The average Bonchev–Trinajstić information content (AvgIpc) is 3.02. The fourth-order valence-corrected chi connectivity index (χ4v) is 3.20. The van der Waals surface area contributed by atoms with E-state index in [9.17, 15) is 4.79 Å². The first-order valence-corrected chi connectivity index (χ1v) is 8.79. The van der Waals surface area contributed by atoms with Crippen LogP contribution in [0.15, 0.2) is 23.6 Å². The minimum Gasteiger partial charge on any atom is -0.346 e. The van der Waals surface area contributed by atoms with E-state index in [-0.39, 0.29) is 5.91 Å².